The number of amides is 2. The Kier molecular flexibility index (Phi) is 8.78. The summed E-state index contributed by atoms with van der Waals surface area (Å²) in [6.45, 7) is 6.83. The van der Waals surface area contributed by atoms with Gasteiger partial charge in [-0.25, -0.2) is 9.99 Å². The third-order valence-electron chi connectivity index (χ3n) is 8.40. The van der Waals surface area contributed by atoms with Crippen molar-refractivity contribution in [2.45, 2.75) is 64.0 Å². The molecule has 2 aliphatic heterocycles. The van der Waals surface area contributed by atoms with E-state index in [1.807, 2.05) is 5.01 Å². The number of hydrogen-bond acceptors (Lipinski definition) is 9. The summed E-state index contributed by atoms with van der Waals surface area (Å²) >= 11 is 0. The number of nitrogens with one attached hydrogen (secondary N) is 2. The van der Waals surface area contributed by atoms with E-state index < -0.39 is 18.4 Å². The average Bonchev–Trinajstić information content (AvgIpc) is 3.06. The first-order valence-corrected chi connectivity index (χ1v) is 14.6. The summed E-state index contributed by atoms with van der Waals surface area (Å²) in [5.74, 6) is -4.21. The maximum absolute atomic E-state index is 15.0. The quantitative estimate of drug-likeness (QED) is 0.503. The van der Waals surface area contributed by atoms with E-state index in [0.29, 0.717) is 28.9 Å². The molecule has 2 amide bonds. The fraction of sp³-hybridized carbons (Fsp3) is 0.586. The highest BCUT2D eigenvalue weighted by Crippen LogP contribution is 2.39. The van der Waals surface area contributed by atoms with Crippen LogP contribution < -0.4 is 25.3 Å². The first kappa shape index (κ1) is 29.9. The summed E-state index contributed by atoms with van der Waals surface area (Å²) in [5.41, 5.74) is 4.15. The fourth-order valence-corrected chi connectivity index (χ4v) is 5.90. The van der Waals surface area contributed by atoms with Crippen molar-refractivity contribution >= 4 is 35.0 Å². The largest absolute Gasteiger partial charge is 0.495 e. The van der Waals surface area contributed by atoms with Crippen LogP contribution in [0.1, 0.15) is 56.3 Å². The Hall–Kier alpha value is -3.58. The van der Waals surface area contributed by atoms with Crippen LogP contribution in [-0.4, -0.2) is 96.6 Å². The highest BCUT2D eigenvalue weighted by molar-refractivity contribution is 6.02. The van der Waals surface area contributed by atoms with Gasteiger partial charge in [-0.2, -0.15) is 13.8 Å². The van der Waals surface area contributed by atoms with Crippen molar-refractivity contribution in [1.82, 2.24) is 25.3 Å². The van der Waals surface area contributed by atoms with Gasteiger partial charge >= 0.3 is 5.92 Å². The second-order valence-corrected chi connectivity index (χ2v) is 11.5. The van der Waals surface area contributed by atoms with Crippen molar-refractivity contribution in [1.29, 1.82) is 0 Å². The molecule has 1 saturated carbocycles. The normalized spacial score (nSPS) is 20.3. The minimum Gasteiger partial charge on any atom is -0.495 e. The van der Waals surface area contributed by atoms with Crippen LogP contribution in [0.25, 0.3) is 0 Å². The lowest BCUT2D eigenvalue weighted by molar-refractivity contribution is -0.140. The molecular weight excluding hydrogens is 546 g/mol. The summed E-state index contributed by atoms with van der Waals surface area (Å²) in [6.07, 6.45) is 5.84. The Morgan fingerprint density at radius 3 is 2.50 bits per heavy atom. The Labute approximate surface area is 245 Å². The molecule has 2 fully saturated rings. The molecular formula is C29H40F2N8O3. The summed E-state index contributed by atoms with van der Waals surface area (Å²) in [7, 11) is 2.83. The number of benzene rings is 1. The van der Waals surface area contributed by atoms with Crippen molar-refractivity contribution in [2.24, 2.45) is 0 Å². The zero-order chi connectivity index (χ0) is 30.0. The smallest absolute Gasteiger partial charge is 0.342 e. The van der Waals surface area contributed by atoms with E-state index in [0.717, 1.165) is 63.2 Å². The van der Waals surface area contributed by atoms with Gasteiger partial charge in [-0.3, -0.25) is 19.9 Å². The number of nitrogens with zero attached hydrogens (tertiary/aromatic N) is 6. The first-order chi connectivity index (χ1) is 20.1. The second kappa shape index (κ2) is 12.3. The van der Waals surface area contributed by atoms with E-state index in [2.05, 4.69) is 39.5 Å². The molecule has 228 valence electrons. The molecule has 1 aliphatic carbocycles. The second-order valence-electron chi connectivity index (χ2n) is 11.5. The molecule has 0 atom stereocenters. The van der Waals surface area contributed by atoms with Crippen molar-refractivity contribution in [2.75, 3.05) is 62.0 Å². The van der Waals surface area contributed by atoms with Crippen molar-refractivity contribution < 1.29 is 23.1 Å². The number of hydrazine groups is 1. The minimum atomic E-state index is -3.55. The molecule has 2 N–H and O–H groups in total. The topological polar surface area (TPSA) is 106 Å². The third-order valence-corrected chi connectivity index (χ3v) is 8.40. The zero-order valence-corrected chi connectivity index (χ0v) is 24.7. The molecule has 3 heterocycles. The zero-order valence-electron chi connectivity index (χ0n) is 24.7. The minimum absolute atomic E-state index is 0.147. The molecule has 3 aliphatic rings. The lowest BCUT2D eigenvalue weighted by Gasteiger charge is -2.36. The van der Waals surface area contributed by atoms with Crippen LogP contribution in [0, 0.1) is 0 Å². The number of carbonyl (C=O) groups is 2. The summed E-state index contributed by atoms with van der Waals surface area (Å²) in [6, 6.07) is 5.33. The molecule has 5 rings (SSSR count). The molecule has 0 radical (unpaired) electrons. The fourth-order valence-electron chi connectivity index (χ4n) is 5.90. The highest BCUT2D eigenvalue weighted by atomic mass is 19.3. The van der Waals surface area contributed by atoms with E-state index >= 15 is 0 Å². The number of aromatic nitrogens is 2. The Balaban J connectivity index is 1.36. The Morgan fingerprint density at radius 2 is 1.83 bits per heavy atom. The maximum atomic E-state index is 15.0. The number of carbonyl (C=O) groups excluding carboxylic acids is 2. The van der Waals surface area contributed by atoms with E-state index in [1.165, 1.54) is 20.4 Å². The SMILES string of the molecule is COc1cc(C(=O)NN2CCN(C(C)C)CC2)ccc1Nc1ncc2c(n1)N(C1CCCCC1)CC(F)(F)C(=O)N2C. The van der Waals surface area contributed by atoms with E-state index in [1.54, 1.807) is 23.1 Å². The Bertz CT molecular complexity index is 1300. The maximum Gasteiger partial charge on any atom is 0.342 e. The highest BCUT2D eigenvalue weighted by Gasteiger charge is 2.48. The molecule has 1 aromatic heterocycles. The van der Waals surface area contributed by atoms with E-state index in [9.17, 15) is 18.4 Å². The standard InChI is InChI=1S/C29H40F2N8O3/c1-19(2)37-12-14-38(15-13-37)35-26(40)20-10-11-22(24(16-20)42-4)33-28-32-17-23-25(34-28)39(21-8-6-5-7-9-21)18-29(30,31)27(41)36(23)3/h10-11,16-17,19,21H,5-9,12-15,18H2,1-4H3,(H,35,40)(H,32,33,34). The van der Waals surface area contributed by atoms with Gasteiger partial charge in [0.05, 0.1) is 25.5 Å². The Morgan fingerprint density at radius 1 is 1.12 bits per heavy atom. The molecule has 2 aromatic rings. The van der Waals surface area contributed by atoms with Gasteiger partial charge in [-0.05, 0) is 44.9 Å². The van der Waals surface area contributed by atoms with Gasteiger partial charge in [0.15, 0.2) is 5.82 Å². The lowest BCUT2D eigenvalue weighted by Crippen LogP contribution is -2.54. The molecule has 1 aromatic carbocycles. The van der Waals surface area contributed by atoms with Gasteiger partial charge in [0.25, 0.3) is 11.8 Å². The van der Waals surface area contributed by atoms with Crippen LogP contribution in [-0.2, 0) is 4.79 Å². The van der Waals surface area contributed by atoms with Gasteiger partial charge < -0.3 is 19.9 Å². The predicted molar refractivity (Wildman–Crippen MR) is 157 cm³/mol. The number of halogens is 2. The number of piperazine rings is 1. The van der Waals surface area contributed by atoms with Crippen LogP contribution in [0.5, 0.6) is 5.75 Å². The van der Waals surface area contributed by atoms with Gasteiger partial charge in [0, 0.05) is 50.9 Å². The molecule has 11 nitrogen and oxygen atoms in total. The number of alkyl halides is 2. The number of methoxy groups -OCH3 is 1. The van der Waals surface area contributed by atoms with Gasteiger partial charge in [-0.1, -0.05) is 19.3 Å². The van der Waals surface area contributed by atoms with Crippen LogP contribution in [0.4, 0.5) is 31.9 Å². The predicted octanol–water partition coefficient (Wildman–Crippen LogP) is 3.65. The third kappa shape index (κ3) is 6.26. The number of hydrogen-bond donors (Lipinski definition) is 2. The molecule has 0 spiro atoms. The lowest BCUT2D eigenvalue weighted by atomic mass is 9.94. The van der Waals surface area contributed by atoms with Gasteiger partial charge in [0.1, 0.15) is 11.4 Å². The van der Waals surface area contributed by atoms with E-state index in [-0.39, 0.29) is 23.6 Å². The number of rotatable bonds is 7. The average molecular weight is 587 g/mol. The number of fused-ring (bicyclic) bond motifs is 1. The summed E-state index contributed by atoms with van der Waals surface area (Å²) in [4.78, 5) is 39.4. The van der Waals surface area contributed by atoms with Crippen LogP contribution in [0.2, 0.25) is 0 Å². The molecule has 42 heavy (non-hydrogen) atoms. The van der Waals surface area contributed by atoms with Gasteiger partial charge in [-0.15, -0.1) is 0 Å². The monoisotopic (exact) mass is 586 g/mol. The number of ether oxygens (including phenoxy) is 1. The van der Waals surface area contributed by atoms with E-state index in [4.69, 9.17) is 4.74 Å². The summed E-state index contributed by atoms with van der Waals surface area (Å²) in [5, 5.41) is 5.04. The van der Waals surface area contributed by atoms with Crippen molar-refractivity contribution in [3.63, 3.8) is 0 Å². The van der Waals surface area contributed by atoms with Crippen LogP contribution in [0.15, 0.2) is 24.4 Å². The molecule has 1 saturated heterocycles. The molecule has 13 heteroatoms. The van der Waals surface area contributed by atoms with Crippen LogP contribution >= 0.6 is 0 Å². The van der Waals surface area contributed by atoms with Crippen molar-refractivity contribution in [3.05, 3.63) is 30.0 Å². The number of anilines is 4. The molecule has 0 bridgehead atoms. The first-order valence-electron chi connectivity index (χ1n) is 14.6. The summed E-state index contributed by atoms with van der Waals surface area (Å²) < 4.78 is 35.5. The van der Waals surface area contributed by atoms with Gasteiger partial charge in [0.2, 0.25) is 5.95 Å². The van der Waals surface area contributed by atoms with Crippen molar-refractivity contribution in [3.8, 4) is 5.75 Å². The molecule has 0 unspecified atom stereocenters. The van der Waals surface area contributed by atoms with Crippen LogP contribution in [0.3, 0.4) is 0 Å².